The van der Waals surface area contributed by atoms with Gasteiger partial charge in [-0.15, -0.1) is 0 Å². The molecule has 1 aromatic rings. The standard InChI is InChI=1S/C18H28N2O3S/c1-2-17(22)23-15-11-9-7-5-3-4-6-8-10-13-20-14-12-16(21)19-18(20)24/h2,12,14H,1,3-11,13,15H2,(H,19,21,24). The Labute approximate surface area is 148 Å². The number of hydrogen-bond acceptors (Lipinski definition) is 4. The van der Waals surface area contributed by atoms with E-state index in [1.54, 1.807) is 6.20 Å². The number of carbonyl (C=O) groups is 1. The molecule has 0 spiro atoms. The van der Waals surface area contributed by atoms with E-state index in [-0.39, 0.29) is 11.5 Å². The summed E-state index contributed by atoms with van der Waals surface area (Å²) in [7, 11) is 0. The van der Waals surface area contributed by atoms with Crippen LogP contribution in [0, 0.1) is 4.77 Å². The predicted octanol–water partition coefficient (Wildman–Crippen LogP) is 4.15. The van der Waals surface area contributed by atoms with Crippen LogP contribution in [0.25, 0.3) is 0 Å². The van der Waals surface area contributed by atoms with E-state index in [0.717, 1.165) is 25.8 Å². The third-order valence-corrected chi connectivity index (χ3v) is 4.19. The second-order valence-electron chi connectivity index (χ2n) is 5.86. The predicted molar refractivity (Wildman–Crippen MR) is 98.6 cm³/mol. The Morgan fingerprint density at radius 3 is 2.29 bits per heavy atom. The van der Waals surface area contributed by atoms with Gasteiger partial charge in [0.1, 0.15) is 0 Å². The van der Waals surface area contributed by atoms with Gasteiger partial charge in [0.05, 0.1) is 6.61 Å². The van der Waals surface area contributed by atoms with E-state index in [9.17, 15) is 9.59 Å². The number of carbonyl (C=O) groups excluding carboxylic acids is 1. The molecule has 0 aliphatic carbocycles. The van der Waals surface area contributed by atoms with E-state index in [2.05, 4.69) is 11.6 Å². The summed E-state index contributed by atoms with van der Waals surface area (Å²) >= 11 is 5.11. The van der Waals surface area contributed by atoms with E-state index < -0.39 is 0 Å². The van der Waals surface area contributed by atoms with Crippen LogP contribution in [0.5, 0.6) is 0 Å². The zero-order chi connectivity index (χ0) is 17.6. The normalized spacial score (nSPS) is 10.5. The average Bonchev–Trinajstić information content (AvgIpc) is 2.57. The summed E-state index contributed by atoms with van der Waals surface area (Å²) in [4.78, 5) is 24.5. The Morgan fingerprint density at radius 1 is 1.12 bits per heavy atom. The molecule has 1 rings (SSSR count). The Morgan fingerprint density at radius 2 is 1.71 bits per heavy atom. The molecular weight excluding hydrogens is 324 g/mol. The topological polar surface area (TPSA) is 64.1 Å². The SMILES string of the molecule is C=CC(=O)OCCCCCCCCCCCn1ccc(=O)[nH]c1=S. The molecule has 0 radical (unpaired) electrons. The first kappa shape index (κ1) is 20.4. The lowest BCUT2D eigenvalue weighted by molar-refractivity contribution is -0.137. The maximum absolute atomic E-state index is 11.1. The van der Waals surface area contributed by atoms with Crippen molar-refractivity contribution < 1.29 is 9.53 Å². The van der Waals surface area contributed by atoms with Crippen molar-refractivity contribution in [1.82, 2.24) is 9.55 Å². The molecule has 1 heterocycles. The molecule has 6 heteroatoms. The summed E-state index contributed by atoms with van der Waals surface area (Å²) in [5.41, 5.74) is -0.143. The first-order valence-electron chi connectivity index (χ1n) is 8.72. The second-order valence-corrected chi connectivity index (χ2v) is 6.24. The van der Waals surface area contributed by atoms with E-state index in [0.29, 0.717) is 11.4 Å². The van der Waals surface area contributed by atoms with E-state index in [4.69, 9.17) is 17.0 Å². The smallest absolute Gasteiger partial charge is 0.330 e. The van der Waals surface area contributed by atoms with Gasteiger partial charge in [-0.2, -0.15) is 0 Å². The summed E-state index contributed by atoms with van der Waals surface area (Å²) < 4.78 is 7.34. The minimum absolute atomic E-state index is 0.143. The Balaban J connectivity index is 1.90. The molecule has 0 saturated carbocycles. The van der Waals surface area contributed by atoms with Crippen LogP contribution in [-0.2, 0) is 16.1 Å². The Hall–Kier alpha value is -1.69. The maximum Gasteiger partial charge on any atom is 0.330 e. The van der Waals surface area contributed by atoms with Crippen LogP contribution in [0.3, 0.4) is 0 Å². The molecule has 1 aromatic heterocycles. The molecule has 0 atom stereocenters. The minimum atomic E-state index is -0.335. The lowest BCUT2D eigenvalue weighted by atomic mass is 10.1. The molecule has 24 heavy (non-hydrogen) atoms. The second kappa shape index (κ2) is 12.7. The van der Waals surface area contributed by atoms with Gasteiger partial charge < -0.3 is 9.30 Å². The number of aryl methyl sites for hydroxylation is 1. The summed E-state index contributed by atoms with van der Waals surface area (Å²) in [5.74, 6) is -0.335. The fraction of sp³-hybridized carbons (Fsp3) is 0.611. The minimum Gasteiger partial charge on any atom is -0.463 e. The lowest BCUT2D eigenvalue weighted by Gasteiger charge is -2.06. The number of ether oxygens (including phenoxy) is 1. The number of rotatable bonds is 13. The van der Waals surface area contributed by atoms with Crippen molar-refractivity contribution in [3.8, 4) is 0 Å². The molecule has 0 aliphatic heterocycles. The highest BCUT2D eigenvalue weighted by molar-refractivity contribution is 7.71. The number of aromatic nitrogens is 2. The summed E-state index contributed by atoms with van der Waals surface area (Å²) in [5, 5.41) is 0. The quantitative estimate of drug-likeness (QED) is 0.251. The summed E-state index contributed by atoms with van der Waals surface area (Å²) in [6, 6.07) is 1.51. The molecule has 1 N–H and O–H groups in total. The van der Waals surface area contributed by atoms with Gasteiger partial charge in [0.2, 0.25) is 0 Å². The van der Waals surface area contributed by atoms with Gasteiger partial charge in [-0.1, -0.05) is 51.5 Å². The van der Waals surface area contributed by atoms with E-state index >= 15 is 0 Å². The number of nitrogens with zero attached hydrogens (tertiary/aromatic N) is 1. The zero-order valence-electron chi connectivity index (χ0n) is 14.3. The lowest BCUT2D eigenvalue weighted by Crippen LogP contribution is -2.11. The van der Waals surface area contributed by atoms with Crippen LogP contribution in [0.4, 0.5) is 0 Å². The third-order valence-electron chi connectivity index (χ3n) is 3.85. The zero-order valence-corrected chi connectivity index (χ0v) is 15.1. The van der Waals surface area contributed by atoms with Crippen LogP contribution in [0.1, 0.15) is 57.8 Å². The van der Waals surface area contributed by atoms with E-state index in [1.165, 1.54) is 50.7 Å². The number of nitrogens with one attached hydrogen (secondary N) is 1. The van der Waals surface area contributed by atoms with Gasteiger partial charge in [-0.05, 0) is 25.1 Å². The van der Waals surface area contributed by atoms with Crippen LogP contribution >= 0.6 is 12.2 Å². The van der Waals surface area contributed by atoms with E-state index in [1.807, 2.05) is 4.57 Å². The van der Waals surface area contributed by atoms with Crippen molar-refractivity contribution in [2.75, 3.05) is 6.61 Å². The van der Waals surface area contributed by atoms with Crippen LogP contribution in [0.2, 0.25) is 0 Å². The monoisotopic (exact) mass is 352 g/mol. The van der Waals surface area contributed by atoms with Crippen LogP contribution < -0.4 is 5.56 Å². The first-order chi connectivity index (χ1) is 11.6. The van der Waals surface area contributed by atoms with Gasteiger partial charge in [-0.3, -0.25) is 9.78 Å². The van der Waals surface area contributed by atoms with Crippen molar-refractivity contribution in [2.24, 2.45) is 0 Å². The number of hydrogen-bond donors (Lipinski definition) is 1. The number of aromatic amines is 1. The average molecular weight is 352 g/mol. The first-order valence-corrected chi connectivity index (χ1v) is 9.13. The van der Waals surface area contributed by atoms with Crippen molar-refractivity contribution in [3.63, 3.8) is 0 Å². The molecule has 0 amide bonds. The van der Waals surface area contributed by atoms with Crippen molar-refractivity contribution in [2.45, 2.75) is 64.3 Å². The molecule has 134 valence electrons. The molecule has 0 aliphatic rings. The van der Waals surface area contributed by atoms with Crippen molar-refractivity contribution in [3.05, 3.63) is 40.0 Å². The van der Waals surface area contributed by atoms with Gasteiger partial charge >= 0.3 is 5.97 Å². The third kappa shape index (κ3) is 9.45. The van der Waals surface area contributed by atoms with Gasteiger partial charge in [-0.25, -0.2) is 4.79 Å². The number of unbranched alkanes of at least 4 members (excludes halogenated alkanes) is 8. The molecule has 0 unspecified atom stereocenters. The molecule has 5 nitrogen and oxygen atoms in total. The van der Waals surface area contributed by atoms with Gasteiger partial charge in [0.15, 0.2) is 4.77 Å². The fourth-order valence-electron chi connectivity index (χ4n) is 2.47. The molecule has 0 bridgehead atoms. The van der Waals surface area contributed by atoms with Crippen LogP contribution in [-0.4, -0.2) is 22.1 Å². The highest BCUT2D eigenvalue weighted by atomic mass is 32.1. The molecule has 0 saturated heterocycles. The largest absolute Gasteiger partial charge is 0.463 e. The molecule has 0 fully saturated rings. The van der Waals surface area contributed by atoms with Crippen molar-refractivity contribution >= 4 is 18.2 Å². The summed E-state index contributed by atoms with van der Waals surface area (Å²) in [6.45, 7) is 4.72. The number of H-pyrrole nitrogens is 1. The van der Waals surface area contributed by atoms with Gasteiger partial charge in [0, 0.05) is 24.9 Å². The van der Waals surface area contributed by atoms with Crippen LogP contribution in [0.15, 0.2) is 29.7 Å². The highest BCUT2D eigenvalue weighted by Gasteiger charge is 1.97. The Bertz CT molecular complexity index is 607. The summed E-state index contributed by atoms with van der Waals surface area (Å²) in [6.07, 6.45) is 13.4. The highest BCUT2D eigenvalue weighted by Crippen LogP contribution is 2.10. The number of esters is 1. The fourth-order valence-corrected chi connectivity index (χ4v) is 2.73. The molecular formula is C18H28N2O3S. The van der Waals surface area contributed by atoms with Gasteiger partial charge in [0.25, 0.3) is 5.56 Å². The maximum atomic E-state index is 11.1. The van der Waals surface area contributed by atoms with Crippen molar-refractivity contribution in [1.29, 1.82) is 0 Å². The Kier molecular flexibility index (Phi) is 10.8. The molecule has 0 aromatic carbocycles.